The molecule has 15 heavy (non-hydrogen) atoms. The van der Waals surface area contributed by atoms with E-state index in [2.05, 4.69) is 16.0 Å². The molecule has 0 radical (unpaired) electrons. The van der Waals surface area contributed by atoms with Crippen molar-refractivity contribution in [1.82, 2.24) is 0 Å². The van der Waals surface area contributed by atoms with E-state index in [1.54, 1.807) is 0 Å². The van der Waals surface area contributed by atoms with E-state index in [0.29, 0.717) is 11.9 Å². The van der Waals surface area contributed by atoms with Crippen molar-refractivity contribution >= 4 is 22.0 Å². The molecule has 0 aromatic heterocycles. The summed E-state index contributed by atoms with van der Waals surface area (Å²) < 4.78 is 5.05. The summed E-state index contributed by atoms with van der Waals surface area (Å²) >= 11 is 2.28. The summed E-state index contributed by atoms with van der Waals surface area (Å²) in [6.07, 6.45) is 0. The molecule has 0 bridgehead atoms. The van der Waals surface area contributed by atoms with Gasteiger partial charge in [-0.15, -0.1) is 0 Å². The van der Waals surface area contributed by atoms with E-state index in [9.17, 15) is 4.79 Å². The molecule has 1 aromatic carbocycles. The van der Waals surface area contributed by atoms with Gasteiger partial charge in [0.2, 0.25) is 0 Å². The molecule has 0 saturated carbocycles. The van der Waals surface area contributed by atoms with Gasteiger partial charge in [-0.25, -0.2) is 0 Å². The van der Waals surface area contributed by atoms with E-state index in [4.69, 9.17) is 10.5 Å². The van der Waals surface area contributed by atoms with Crippen LogP contribution < -0.4 is 5.73 Å². The van der Waals surface area contributed by atoms with Crippen LogP contribution in [0.1, 0.15) is 11.1 Å². The van der Waals surface area contributed by atoms with E-state index in [0.717, 1.165) is 5.56 Å². The maximum atomic E-state index is 11.3. The van der Waals surface area contributed by atoms with Crippen LogP contribution in [-0.2, 0) is 16.1 Å². The van der Waals surface area contributed by atoms with Gasteiger partial charge in [0.15, 0.2) is 0 Å². The summed E-state index contributed by atoms with van der Waals surface area (Å²) in [6, 6.07) is 7.32. The number of hydrogen-bond donors (Lipinski definition) is 1. The van der Waals surface area contributed by atoms with Crippen LogP contribution in [0.2, 0.25) is 5.32 Å². The number of benzene rings is 1. The first-order valence-corrected chi connectivity index (χ1v) is 6.05. The molecule has 0 unspecified atom stereocenters. The van der Waals surface area contributed by atoms with Crippen molar-refractivity contribution in [3.05, 3.63) is 35.4 Å². The molecule has 0 saturated heterocycles. The zero-order valence-corrected chi connectivity index (χ0v) is 10.5. The van der Waals surface area contributed by atoms with Gasteiger partial charge in [-0.1, -0.05) is 0 Å². The predicted octanol–water partition coefficient (Wildman–Crippen LogP) is 0.685. The molecule has 4 heteroatoms. The van der Waals surface area contributed by atoms with Crippen LogP contribution in [0.25, 0.3) is 0 Å². The Morgan fingerprint density at radius 3 is 2.60 bits per heavy atom. The number of rotatable bonds is 4. The quantitative estimate of drug-likeness (QED) is 0.648. The van der Waals surface area contributed by atoms with Gasteiger partial charge in [0.05, 0.1) is 0 Å². The van der Waals surface area contributed by atoms with Crippen molar-refractivity contribution in [1.29, 1.82) is 0 Å². The Balaban J connectivity index is 2.43. The standard InChI is InChI=1S/C11H15NO2Se/c1-8-2-4-9(5-3-8)6-14-11(13)10(12)7-15/h2-5,10,15H,6-7,12H2,1H3/t10-/m0/s1. The first kappa shape index (κ1) is 12.2. The molecule has 0 spiro atoms. The van der Waals surface area contributed by atoms with E-state index >= 15 is 0 Å². The van der Waals surface area contributed by atoms with Crippen molar-refractivity contribution in [3.8, 4) is 0 Å². The summed E-state index contributed by atoms with van der Waals surface area (Å²) in [7, 11) is 0. The van der Waals surface area contributed by atoms with E-state index in [1.165, 1.54) is 5.56 Å². The number of hydrogen-bond acceptors (Lipinski definition) is 3. The third kappa shape index (κ3) is 4.04. The van der Waals surface area contributed by atoms with E-state index in [1.807, 2.05) is 31.2 Å². The third-order valence-corrected chi connectivity index (χ3v) is 2.83. The molecule has 82 valence electrons. The van der Waals surface area contributed by atoms with Gasteiger partial charge >= 0.3 is 97.5 Å². The average Bonchev–Trinajstić information content (AvgIpc) is 2.26. The normalized spacial score (nSPS) is 12.2. The summed E-state index contributed by atoms with van der Waals surface area (Å²) in [5.74, 6) is -0.351. The molecule has 1 atom stereocenters. The molecule has 3 nitrogen and oxygen atoms in total. The Kier molecular flexibility index (Phi) is 4.82. The summed E-state index contributed by atoms with van der Waals surface area (Å²) in [4.78, 5) is 11.3. The molecule has 0 aliphatic carbocycles. The van der Waals surface area contributed by atoms with Crippen molar-refractivity contribution in [3.63, 3.8) is 0 Å². The molecule has 2 N–H and O–H groups in total. The molecule has 1 aromatic rings. The number of esters is 1. The van der Waals surface area contributed by atoms with Crippen LogP contribution >= 0.6 is 0 Å². The Bertz CT molecular complexity index is 324. The zero-order chi connectivity index (χ0) is 11.3. The monoisotopic (exact) mass is 273 g/mol. The molecule has 0 aliphatic rings. The average molecular weight is 272 g/mol. The number of carbonyl (C=O) groups is 1. The van der Waals surface area contributed by atoms with Gasteiger partial charge in [-0.3, -0.25) is 0 Å². The van der Waals surface area contributed by atoms with E-state index in [-0.39, 0.29) is 5.97 Å². The van der Waals surface area contributed by atoms with Crippen molar-refractivity contribution in [2.75, 3.05) is 0 Å². The number of ether oxygens (including phenoxy) is 1. The van der Waals surface area contributed by atoms with Gasteiger partial charge in [-0.05, 0) is 0 Å². The molecule has 1 rings (SSSR count). The van der Waals surface area contributed by atoms with Crippen LogP contribution in [0.5, 0.6) is 0 Å². The zero-order valence-electron chi connectivity index (χ0n) is 8.64. The first-order valence-electron chi connectivity index (χ1n) is 4.72. The molecule has 0 heterocycles. The minimum absolute atomic E-state index is 0.291. The van der Waals surface area contributed by atoms with Crippen LogP contribution in [0.3, 0.4) is 0 Å². The molecule has 0 aliphatic heterocycles. The van der Waals surface area contributed by atoms with Crippen LogP contribution in [0.4, 0.5) is 0 Å². The minimum atomic E-state index is -0.532. The maximum absolute atomic E-state index is 11.3. The number of aryl methyl sites for hydroxylation is 1. The predicted molar refractivity (Wildman–Crippen MR) is 60.9 cm³/mol. The van der Waals surface area contributed by atoms with Gasteiger partial charge in [0.1, 0.15) is 0 Å². The number of carbonyl (C=O) groups excluding carboxylic acids is 1. The Labute approximate surface area is 97.8 Å². The van der Waals surface area contributed by atoms with Crippen molar-refractivity contribution in [2.24, 2.45) is 5.73 Å². The third-order valence-electron chi connectivity index (χ3n) is 2.00. The summed E-state index contributed by atoms with van der Waals surface area (Å²) in [6.45, 7) is 2.31. The summed E-state index contributed by atoms with van der Waals surface area (Å²) in [5, 5.41) is 0.541. The molecule has 0 amide bonds. The van der Waals surface area contributed by atoms with Gasteiger partial charge in [0.25, 0.3) is 0 Å². The van der Waals surface area contributed by atoms with E-state index < -0.39 is 6.04 Å². The number of nitrogens with two attached hydrogens (primary N) is 1. The fourth-order valence-electron chi connectivity index (χ4n) is 1.02. The second kappa shape index (κ2) is 5.91. The fourth-order valence-corrected chi connectivity index (χ4v) is 1.33. The Hall–Kier alpha value is -0.831. The second-order valence-corrected chi connectivity index (χ2v) is 4.15. The van der Waals surface area contributed by atoms with Crippen LogP contribution in [0, 0.1) is 6.92 Å². The fraction of sp³-hybridized carbons (Fsp3) is 0.364. The second-order valence-electron chi connectivity index (χ2n) is 3.38. The van der Waals surface area contributed by atoms with Gasteiger partial charge < -0.3 is 0 Å². The molecular formula is C11H15NO2Se. The van der Waals surface area contributed by atoms with Crippen molar-refractivity contribution < 1.29 is 9.53 Å². The molecular weight excluding hydrogens is 257 g/mol. The topological polar surface area (TPSA) is 52.3 Å². The first-order chi connectivity index (χ1) is 7.13. The summed E-state index contributed by atoms with van der Waals surface area (Å²) in [5.41, 5.74) is 7.68. The van der Waals surface area contributed by atoms with Gasteiger partial charge in [0, 0.05) is 0 Å². The SMILES string of the molecule is Cc1ccc(COC(=O)[C@@H](N)C[SeH])cc1. The Morgan fingerprint density at radius 1 is 1.47 bits per heavy atom. The van der Waals surface area contributed by atoms with Crippen LogP contribution in [-0.4, -0.2) is 28.0 Å². The van der Waals surface area contributed by atoms with Gasteiger partial charge in [-0.2, -0.15) is 0 Å². The molecule has 0 fully saturated rings. The Morgan fingerprint density at radius 2 is 2.07 bits per heavy atom. The van der Waals surface area contributed by atoms with Crippen LogP contribution in [0.15, 0.2) is 24.3 Å². The van der Waals surface area contributed by atoms with Crippen molar-refractivity contribution in [2.45, 2.75) is 24.9 Å².